The minimum Gasteiger partial charge on any atom is -0.494 e. The Bertz CT molecular complexity index is 904. The highest BCUT2D eigenvalue weighted by molar-refractivity contribution is 6.06. The molecule has 0 aliphatic carbocycles. The molecule has 0 fully saturated rings. The highest BCUT2D eigenvalue weighted by atomic mass is 16.5. The Kier molecular flexibility index (Phi) is 9.16. The quantitative estimate of drug-likeness (QED) is 0.274. The van der Waals surface area contributed by atoms with Crippen molar-refractivity contribution in [2.24, 2.45) is 0 Å². The Balaban J connectivity index is 2.37. The Hall–Kier alpha value is -2.75. The van der Waals surface area contributed by atoms with Gasteiger partial charge in [-0.1, -0.05) is 26.3 Å². The molecule has 0 heterocycles. The molecule has 0 saturated heterocycles. The van der Waals surface area contributed by atoms with E-state index in [1.165, 1.54) is 0 Å². The number of ether oxygens (including phenoxy) is 3. The first-order valence-corrected chi connectivity index (χ1v) is 11.9. The van der Waals surface area contributed by atoms with E-state index in [0.29, 0.717) is 12.2 Å². The zero-order valence-corrected chi connectivity index (χ0v) is 21.6. The Labute approximate surface area is 200 Å². The van der Waals surface area contributed by atoms with Crippen LogP contribution in [0.4, 0.5) is 0 Å². The van der Waals surface area contributed by atoms with Crippen molar-refractivity contribution < 1.29 is 19.0 Å². The number of allylic oxidation sites excluding steroid dienone is 1. The molecule has 0 bridgehead atoms. The van der Waals surface area contributed by atoms with Gasteiger partial charge in [0.25, 0.3) is 0 Å². The highest BCUT2D eigenvalue weighted by Crippen LogP contribution is 2.36. The van der Waals surface area contributed by atoms with E-state index in [9.17, 15) is 4.79 Å². The molecule has 2 aromatic carbocycles. The van der Waals surface area contributed by atoms with Gasteiger partial charge >= 0.3 is 0 Å². The molecule has 2 rings (SSSR count). The number of hydrogen-bond acceptors (Lipinski definition) is 4. The molecule has 2 aromatic rings. The van der Waals surface area contributed by atoms with Crippen LogP contribution in [0.3, 0.4) is 0 Å². The third kappa shape index (κ3) is 8.95. The average Bonchev–Trinajstić information content (AvgIpc) is 2.71. The van der Waals surface area contributed by atoms with Gasteiger partial charge in [0.15, 0.2) is 5.78 Å². The maximum atomic E-state index is 12.8. The molecular weight excluding hydrogens is 412 g/mol. The van der Waals surface area contributed by atoms with Crippen LogP contribution in [0.25, 0.3) is 6.08 Å². The van der Waals surface area contributed by atoms with Crippen LogP contribution in [0.1, 0.15) is 89.7 Å². The summed E-state index contributed by atoms with van der Waals surface area (Å²) in [6, 6.07) is 11.3. The summed E-state index contributed by atoms with van der Waals surface area (Å²) in [6.07, 6.45) is 6.20. The van der Waals surface area contributed by atoms with Crippen molar-refractivity contribution in [3.8, 4) is 17.2 Å². The summed E-state index contributed by atoms with van der Waals surface area (Å²) in [5, 5.41) is 0. The minimum absolute atomic E-state index is 0.0637. The molecule has 4 nitrogen and oxygen atoms in total. The predicted octanol–water partition coefficient (Wildman–Crippen LogP) is 7.68. The van der Waals surface area contributed by atoms with Crippen LogP contribution in [0.5, 0.6) is 17.2 Å². The maximum absolute atomic E-state index is 12.8. The summed E-state index contributed by atoms with van der Waals surface area (Å²) in [7, 11) is 0. The van der Waals surface area contributed by atoms with Crippen LogP contribution in [0.2, 0.25) is 0 Å². The smallest absolute Gasteiger partial charge is 0.185 e. The van der Waals surface area contributed by atoms with E-state index in [-0.39, 0.29) is 17.0 Å². The summed E-state index contributed by atoms with van der Waals surface area (Å²) in [5.41, 5.74) is 1.86. The second kappa shape index (κ2) is 11.4. The number of benzene rings is 2. The van der Waals surface area contributed by atoms with Crippen LogP contribution in [-0.2, 0) is 6.42 Å². The zero-order valence-electron chi connectivity index (χ0n) is 21.6. The lowest BCUT2D eigenvalue weighted by molar-refractivity contribution is 0.104. The number of ketones is 1. The van der Waals surface area contributed by atoms with Gasteiger partial charge in [0, 0.05) is 11.1 Å². The van der Waals surface area contributed by atoms with E-state index in [2.05, 4.69) is 13.8 Å². The zero-order chi connectivity index (χ0) is 24.6. The normalized spacial score (nSPS) is 12.1. The molecule has 0 atom stereocenters. The molecule has 0 aromatic heterocycles. The van der Waals surface area contributed by atoms with Gasteiger partial charge in [-0.2, -0.15) is 0 Å². The van der Waals surface area contributed by atoms with E-state index >= 15 is 0 Å². The molecular formula is C29H40O4. The lowest BCUT2D eigenvalue weighted by Crippen LogP contribution is -2.26. The first-order valence-electron chi connectivity index (χ1n) is 11.9. The van der Waals surface area contributed by atoms with Crippen molar-refractivity contribution in [2.75, 3.05) is 6.61 Å². The third-order valence-electron chi connectivity index (χ3n) is 4.56. The molecule has 0 aliphatic heterocycles. The van der Waals surface area contributed by atoms with Gasteiger partial charge in [0.05, 0.1) is 6.61 Å². The van der Waals surface area contributed by atoms with E-state index in [1.54, 1.807) is 18.2 Å². The fraction of sp³-hybridized carbons (Fsp3) is 0.483. The summed E-state index contributed by atoms with van der Waals surface area (Å²) >= 11 is 0. The fourth-order valence-electron chi connectivity index (χ4n) is 3.28. The standard InChI is InChI=1S/C29H40O4/c1-9-11-24-26(32-28(3,4)5)19-21(20-27(24)33-29(6,7)8)12-17-25(30)22-13-15-23(16-14-22)31-18-10-2/h12-17,19-20H,9-11,18H2,1-8H3. The minimum atomic E-state index is -0.346. The van der Waals surface area contributed by atoms with Gasteiger partial charge in [-0.25, -0.2) is 0 Å². The summed E-state index contributed by atoms with van der Waals surface area (Å²) in [5.74, 6) is 2.31. The molecule has 0 radical (unpaired) electrons. The molecule has 0 unspecified atom stereocenters. The summed E-state index contributed by atoms with van der Waals surface area (Å²) < 4.78 is 18.2. The fourth-order valence-corrected chi connectivity index (χ4v) is 3.28. The van der Waals surface area contributed by atoms with Crippen molar-refractivity contribution in [3.05, 3.63) is 59.2 Å². The third-order valence-corrected chi connectivity index (χ3v) is 4.56. The Morgan fingerprint density at radius 1 is 0.848 bits per heavy atom. The van der Waals surface area contributed by atoms with E-state index in [0.717, 1.165) is 47.6 Å². The van der Waals surface area contributed by atoms with E-state index < -0.39 is 0 Å². The van der Waals surface area contributed by atoms with Gasteiger partial charge < -0.3 is 14.2 Å². The molecule has 0 amide bonds. The number of hydrogen-bond donors (Lipinski definition) is 0. The maximum Gasteiger partial charge on any atom is 0.185 e. The van der Waals surface area contributed by atoms with E-state index in [1.807, 2.05) is 71.9 Å². The SMILES string of the molecule is CCCOc1ccc(C(=O)C=Cc2cc(OC(C)(C)C)c(CCC)c(OC(C)(C)C)c2)cc1. The summed E-state index contributed by atoms with van der Waals surface area (Å²) in [6.45, 7) is 17.1. The predicted molar refractivity (Wildman–Crippen MR) is 137 cm³/mol. The summed E-state index contributed by atoms with van der Waals surface area (Å²) in [4.78, 5) is 12.8. The van der Waals surface area contributed by atoms with Crippen LogP contribution in [0.15, 0.2) is 42.5 Å². The van der Waals surface area contributed by atoms with Gasteiger partial charge in [0.2, 0.25) is 0 Å². The van der Waals surface area contributed by atoms with Gasteiger partial charge in [-0.15, -0.1) is 0 Å². The van der Waals surface area contributed by atoms with Crippen molar-refractivity contribution in [2.45, 2.75) is 85.9 Å². The molecule has 4 heteroatoms. The van der Waals surface area contributed by atoms with Crippen LogP contribution in [-0.4, -0.2) is 23.6 Å². The van der Waals surface area contributed by atoms with Crippen molar-refractivity contribution in [1.29, 1.82) is 0 Å². The molecule has 33 heavy (non-hydrogen) atoms. The molecule has 0 spiro atoms. The lowest BCUT2D eigenvalue weighted by atomic mass is 10.0. The number of rotatable bonds is 10. The molecule has 0 aliphatic rings. The van der Waals surface area contributed by atoms with Crippen LogP contribution in [0, 0.1) is 0 Å². The molecule has 0 saturated carbocycles. The number of carbonyl (C=O) groups excluding carboxylic acids is 1. The molecule has 180 valence electrons. The van der Waals surface area contributed by atoms with Crippen LogP contribution >= 0.6 is 0 Å². The van der Waals surface area contributed by atoms with Gasteiger partial charge in [-0.05, 0) is 102 Å². The highest BCUT2D eigenvalue weighted by Gasteiger charge is 2.21. The molecule has 0 N–H and O–H groups in total. The van der Waals surface area contributed by atoms with Crippen LogP contribution < -0.4 is 14.2 Å². The van der Waals surface area contributed by atoms with Crippen molar-refractivity contribution in [1.82, 2.24) is 0 Å². The Morgan fingerprint density at radius 2 is 1.39 bits per heavy atom. The second-order valence-corrected chi connectivity index (χ2v) is 10.2. The van der Waals surface area contributed by atoms with Crippen molar-refractivity contribution in [3.63, 3.8) is 0 Å². The topological polar surface area (TPSA) is 44.8 Å². The van der Waals surface area contributed by atoms with Gasteiger partial charge in [-0.3, -0.25) is 4.79 Å². The monoisotopic (exact) mass is 452 g/mol. The first kappa shape index (κ1) is 26.5. The largest absolute Gasteiger partial charge is 0.494 e. The second-order valence-electron chi connectivity index (χ2n) is 10.2. The van der Waals surface area contributed by atoms with E-state index in [4.69, 9.17) is 14.2 Å². The number of carbonyl (C=O) groups is 1. The van der Waals surface area contributed by atoms with Crippen molar-refractivity contribution >= 4 is 11.9 Å². The lowest BCUT2D eigenvalue weighted by Gasteiger charge is -2.28. The Morgan fingerprint density at radius 3 is 1.85 bits per heavy atom. The average molecular weight is 453 g/mol. The van der Waals surface area contributed by atoms with Gasteiger partial charge in [0.1, 0.15) is 28.5 Å². The first-order chi connectivity index (χ1) is 15.4.